The third-order valence-corrected chi connectivity index (χ3v) is 3.45. The molecule has 0 aromatic heterocycles. The van der Waals surface area contributed by atoms with Gasteiger partial charge in [-0.25, -0.2) is 8.78 Å². The maximum absolute atomic E-state index is 13.1. The Bertz CT molecular complexity index is 398. The average Bonchev–Trinajstić information content (AvgIpc) is 2.93. The van der Waals surface area contributed by atoms with Gasteiger partial charge in [0.05, 0.1) is 0 Å². The van der Waals surface area contributed by atoms with Gasteiger partial charge >= 0.3 is 0 Å². The van der Waals surface area contributed by atoms with Crippen molar-refractivity contribution >= 4 is 5.69 Å². The lowest BCUT2D eigenvalue weighted by molar-refractivity contribution is 0.548. The highest BCUT2D eigenvalue weighted by molar-refractivity contribution is 5.48. The number of anilines is 1. The number of nitrogens with one attached hydrogen (secondary N) is 1. The Labute approximate surface area is 99.6 Å². The van der Waals surface area contributed by atoms with Crippen LogP contribution >= 0.6 is 0 Å². The van der Waals surface area contributed by atoms with E-state index in [0.29, 0.717) is 17.8 Å². The normalized spacial score (nSPS) is 24.4. The molecule has 1 saturated heterocycles. The van der Waals surface area contributed by atoms with E-state index in [-0.39, 0.29) is 0 Å². The van der Waals surface area contributed by atoms with E-state index >= 15 is 0 Å². The molecule has 1 saturated carbocycles. The van der Waals surface area contributed by atoms with E-state index in [1.807, 2.05) is 4.90 Å². The first-order valence-corrected chi connectivity index (χ1v) is 6.18. The maximum atomic E-state index is 13.1. The van der Waals surface area contributed by atoms with Crippen LogP contribution in [0.4, 0.5) is 14.5 Å². The Balaban J connectivity index is 1.67. The Hall–Kier alpha value is -1.16. The van der Waals surface area contributed by atoms with E-state index in [9.17, 15) is 8.78 Å². The van der Waals surface area contributed by atoms with Gasteiger partial charge in [0.2, 0.25) is 0 Å². The summed E-state index contributed by atoms with van der Waals surface area (Å²) in [6, 6.07) is 4.88. The number of benzene rings is 1. The van der Waals surface area contributed by atoms with Gasteiger partial charge in [0, 0.05) is 36.9 Å². The Kier molecular flexibility index (Phi) is 2.74. The summed E-state index contributed by atoms with van der Waals surface area (Å²) in [5.41, 5.74) is 0.655. The molecular weight excluding hydrogens is 222 g/mol. The zero-order valence-electron chi connectivity index (χ0n) is 9.63. The highest BCUT2D eigenvalue weighted by atomic mass is 19.1. The summed E-state index contributed by atoms with van der Waals surface area (Å²) in [5, 5.41) is 3.55. The molecule has 0 spiro atoms. The van der Waals surface area contributed by atoms with Crippen molar-refractivity contribution in [2.24, 2.45) is 0 Å². The van der Waals surface area contributed by atoms with Crippen LogP contribution < -0.4 is 10.2 Å². The van der Waals surface area contributed by atoms with Crippen molar-refractivity contribution in [1.29, 1.82) is 0 Å². The summed E-state index contributed by atoms with van der Waals surface area (Å²) in [7, 11) is 0. The first-order valence-electron chi connectivity index (χ1n) is 6.18. The van der Waals surface area contributed by atoms with E-state index in [1.54, 1.807) is 0 Å². The van der Waals surface area contributed by atoms with E-state index < -0.39 is 11.6 Å². The van der Waals surface area contributed by atoms with Crippen molar-refractivity contribution in [3.05, 3.63) is 29.8 Å². The van der Waals surface area contributed by atoms with Gasteiger partial charge in [0.25, 0.3) is 0 Å². The molecule has 0 radical (unpaired) electrons. The summed E-state index contributed by atoms with van der Waals surface area (Å²) in [4.78, 5) is 2.05. The van der Waals surface area contributed by atoms with Gasteiger partial charge in [-0.2, -0.15) is 0 Å². The topological polar surface area (TPSA) is 15.3 Å². The third-order valence-electron chi connectivity index (χ3n) is 3.45. The molecule has 4 heteroatoms. The molecule has 1 N–H and O–H groups in total. The zero-order valence-corrected chi connectivity index (χ0v) is 9.63. The van der Waals surface area contributed by atoms with Crippen LogP contribution in [0.5, 0.6) is 0 Å². The average molecular weight is 238 g/mol. The van der Waals surface area contributed by atoms with Gasteiger partial charge in [-0.1, -0.05) is 0 Å². The van der Waals surface area contributed by atoms with E-state index in [1.165, 1.54) is 25.0 Å². The predicted molar refractivity (Wildman–Crippen MR) is 63.1 cm³/mol. The van der Waals surface area contributed by atoms with Crippen LogP contribution in [0.2, 0.25) is 0 Å². The molecule has 0 bridgehead atoms. The van der Waals surface area contributed by atoms with Crippen LogP contribution in [-0.2, 0) is 0 Å². The fourth-order valence-corrected chi connectivity index (χ4v) is 2.44. The molecule has 2 aliphatic rings. The lowest BCUT2D eigenvalue weighted by Gasteiger charge is -2.19. The van der Waals surface area contributed by atoms with Crippen molar-refractivity contribution in [2.75, 3.05) is 18.0 Å². The van der Waals surface area contributed by atoms with Crippen molar-refractivity contribution in [2.45, 2.75) is 31.3 Å². The maximum Gasteiger partial charge on any atom is 0.128 e. The van der Waals surface area contributed by atoms with Crippen molar-refractivity contribution in [3.8, 4) is 0 Å². The molecule has 1 heterocycles. The van der Waals surface area contributed by atoms with E-state index in [2.05, 4.69) is 5.32 Å². The number of rotatable bonds is 3. The fraction of sp³-hybridized carbons (Fsp3) is 0.538. The molecule has 3 rings (SSSR count). The summed E-state index contributed by atoms with van der Waals surface area (Å²) < 4.78 is 26.2. The first-order chi connectivity index (χ1) is 8.20. The molecule has 1 atom stereocenters. The van der Waals surface area contributed by atoms with Crippen LogP contribution in [0.25, 0.3) is 0 Å². The molecule has 1 unspecified atom stereocenters. The predicted octanol–water partition coefficient (Wildman–Crippen LogP) is 2.30. The van der Waals surface area contributed by atoms with Gasteiger partial charge < -0.3 is 10.2 Å². The van der Waals surface area contributed by atoms with Crippen LogP contribution in [-0.4, -0.2) is 25.2 Å². The second kappa shape index (κ2) is 4.26. The molecule has 92 valence electrons. The van der Waals surface area contributed by atoms with Crippen molar-refractivity contribution in [3.63, 3.8) is 0 Å². The highest BCUT2D eigenvalue weighted by Crippen LogP contribution is 2.25. The summed E-state index contributed by atoms with van der Waals surface area (Å²) in [6.07, 6.45) is 3.59. The Morgan fingerprint density at radius 2 is 1.71 bits per heavy atom. The lowest BCUT2D eigenvalue weighted by atomic mass is 10.2. The van der Waals surface area contributed by atoms with E-state index in [0.717, 1.165) is 25.6 Å². The van der Waals surface area contributed by atoms with Crippen molar-refractivity contribution in [1.82, 2.24) is 5.32 Å². The molecule has 1 aliphatic heterocycles. The van der Waals surface area contributed by atoms with E-state index in [4.69, 9.17) is 0 Å². The largest absolute Gasteiger partial charge is 0.370 e. The SMILES string of the molecule is Fc1cc(F)cc(N2CCC(NC3CC3)C2)c1. The second-order valence-electron chi connectivity index (χ2n) is 5.00. The summed E-state index contributed by atoms with van der Waals surface area (Å²) >= 11 is 0. The number of hydrogen-bond acceptors (Lipinski definition) is 2. The number of halogens is 2. The molecular formula is C13H16F2N2. The number of nitrogens with zero attached hydrogens (tertiary/aromatic N) is 1. The van der Waals surface area contributed by atoms with Crippen LogP contribution in [0.1, 0.15) is 19.3 Å². The fourth-order valence-electron chi connectivity index (χ4n) is 2.44. The second-order valence-corrected chi connectivity index (χ2v) is 5.00. The van der Waals surface area contributed by atoms with Crippen LogP contribution in [0, 0.1) is 11.6 Å². The van der Waals surface area contributed by atoms with Gasteiger partial charge in [-0.3, -0.25) is 0 Å². The third kappa shape index (κ3) is 2.57. The molecule has 0 amide bonds. The Morgan fingerprint density at radius 1 is 1.00 bits per heavy atom. The summed E-state index contributed by atoms with van der Waals surface area (Å²) in [6.45, 7) is 1.71. The standard InChI is InChI=1S/C13H16F2N2/c14-9-5-10(15)7-13(6-9)17-4-3-12(8-17)16-11-1-2-11/h5-7,11-12,16H,1-4,8H2. The molecule has 1 aliphatic carbocycles. The Morgan fingerprint density at radius 3 is 2.35 bits per heavy atom. The summed E-state index contributed by atoms with van der Waals surface area (Å²) in [5.74, 6) is -1.00. The van der Waals surface area contributed by atoms with Crippen LogP contribution in [0.15, 0.2) is 18.2 Å². The van der Waals surface area contributed by atoms with Gasteiger partial charge in [-0.15, -0.1) is 0 Å². The van der Waals surface area contributed by atoms with Gasteiger partial charge in [0.1, 0.15) is 11.6 Å². The quantitative estimate of drug-likeness (QED) is 0.869. The molecule has 2 nitrogen and oxygen atoms in total. The monoisotopic (exact) mass is 238 g/mol. The minimum absolute atomic E-state index is 0.467. The minimum atomic E-state index is -0.501. The number of hydrogen-bond donors (Lipinski definition) is 1. The van der Waals surface area contributed by atoms with Crippen molar-refractivity contribution < 1.29 is 8.78 Å². The smallest absolute Gasteiger partial charge is 0.128 e. The highest BCUT2D eigenvalue weighted by Gasteiger charge is 2.29. The van der Waals surface area contributed by atoms with Crippen LogP contribution in [0.3, 0.4) is 0 Å². The molecule has 2 fully saturated rings. The van der Waals surface area contributed by atoms with Gasteiger partial charge in [-0.05, 0) is 31.4 Å². The molecule has 1 aromatic carbocycles. The molecule has 1 aromatic rings. The molecule has 17 heavy (non-hydrogen) atoms. The minimum Gasteiger partial charge on any atom is -0.370 e. The van der Waals surface area contributed by atoms with Gasteiger partial charge in [0.15, 0.2) is 0 Å². The first kappa shape index (κ1) is 11.0. The zero-order chi connectivity index (χ0) is 11.8. The lowest BCUT2D eigenvalue weighted by Crippen LogP contribution is -2.33.